The minimum atomic E-state index is -4.58. The first-order chi connectivity index (χ1) is 10.9. The fourth-order valence-corrected chi connectivity index (χ4v) is 2.31. The van der Waals surface area contributed by atoms with Crippen LogP contribution in [0.1, 0.15) is 32.0 Å². The molecule has 0 unspecified atom stereocenters. The largest absolute Gasteiger partial charge is 0.467 e. The Kier molecular flexibility index (Phi) is 4.47. The number of ether oxygens (including phenoxy) is 1. The maximum atomic E-state index is 13.3. The van der Waals surface area contributed by atoms with Gasteiger partial charge in [0.25, 0.3) is 5.91 Å². The van der Waals surface area contributed by atoms with Crippen LogP contribution in [0.4, 0.5) is 13.2 Å². The lowest BCUT2D eigenvalue weighted by atomic mass is 10.1. The van der Waals surface area contributed by atoms with Gasteiger partial charge in [0.15, 0.2) is 12.3 Å². The molecule has 9 heteroatoms. The van der Waals surface area contributed by atoms with E-state index in [1.54, 1.807) is 20.8 Å². The van der Waals surface area contributed by atoms with Gasteiger partial charge in [-0.2, -0.15) is 23.3 Å². The molecule has 2 rings (SSSR count). The van der Waals surface area contributed by atoms with E-state index in [0.717, 1.165) is 6.07 Å². The third-order valence-electron chi connectivity index (χ3n) is 3.12. The monoisotopic (exact) mass is 344 g/mol. The normalized spacial score (nSPS) is 12.5. The van der Waals surface area contributed by atoms with Gasteiger partial charge >= 0.3 is 6.18 Å². The van der Waals surface area contributed by atoms with Crippen molar-refractivity contribution in [1.82, 2.24) is 20.1 Å². The second-order valence-electron chi connectivity index (χ2n) is 6.50. The van der Waals surface area contributed by atoms with Crippen LogP contribution in [0.3, 0.4) is 0 Å². The Bertz CT molecular complexity index is 776. The maximum Gasteiger partial charge on any atom is 0.417 e. The molecular weight excluding hydrogens is 325 g/mol. The number of alkyl halides is 3. The van der Waals surface area contributed by atoms with Crippen LogP contribution in [0, 0.1) is 6.92 Å². The van der Waals surface area contributed by atoms with Gasteiger partial charge in [-0.1, -0.05) is 0 Å². The summed E-state index contributed by atoms with van der Waals surface area (Å²) in [5.74, 6) is -0.721. The third kappa shape index (κ3) is 3.95. The topological polar surface area (TPSA) is 69.0 Å². The Morgan fingerprint density at radius 2 is 1.96 bits per heavy atom. The number of rotatable bonds is 3. The number of pyridine rings is 1. The Morgan fingerprint density at radius 1 is 1.33 bits per heavy atom. The predicted molar refractivity (Wildman–Crippen MR) is 81.6 cm³/mol. The Hall–Kier alpha value is -2.32. The summed E-state index contributed by atoms with van der Waals surface area (Å²) in [6, 6.07) is 0.793. The molecular formula is C15H19F3N4O2. The zero-order valence-corrected chi connectivity index (χ0v) is 14.1. The van der Waals surface area contributed by atoms with Crippen molar-refractivity contribution in [3.8, 4) is 5.88 Å². The van der Waals surface area contributed by atoms with Crippen molar-refractivity contribution in [2.75, 3.05) is 6.61 Å². The highest BCUT2D eigenvalue weighted by molar-refractivity contribution is 5.83. The molecule has 1 N–H and O–H groups in total. The van der Waals surface area contributed by atoms with Crippen molar-refractivity contribution >= 4 is 16.9 Å². The smallest absolute Gasteiger partial charge is 0.417 e. The van der Waals surface area contributed by atoms with Gasteiger partial charge in [-0.3, -0.25) is 9.48 Å². The van der Waals surface area contributed by atoms with Gasteiger partial charge in [0.1, 0.15) is 0 Å². The Labute approximate surface area is 137 Å². The van der Waals surface area contributed by atoms with Gasteiger partial charge in [0.05, 0.1) is 16.6 Å². The van der Waals surface area contributed by atoms with E-state index in [2.05, 4.69) is 15.4 Å². The van der Waals surface area contributed by atoms with Crippen LogP contribution in [0.15, 0.2) is 6.07 Å². The lowest BCUT2D eigenvalue weighted by Crippen LogP contribution is -2.43. The van der Waals surface area contributed by atoms with E-state index >= 15 is 0 Å². The zero-order chi connectivity index (χ0) is 18.3. The number of fused-ring (bicyclic) bond motifs is 1. The SMILES string of the molecule is Cc1nn(C)c2nc(OCC(=O)NC(C)(C)C)cc(C(F)(F)F)c12. The molecule has 0 atom stereocenters. The van der Waals surface area contributed by atoms with Gasteiger partial charge in [0, 0.05) is 18.7 Å². The summed E-state index contributed by atoms with van der Waals surface area (Å²) in [7, 11) is 1.50. The van der Waals surface area contributed by atoms with Gasteiger partial charge < -0.3 is 10.1 Å². The third-order valence-corrected chi connectivity index (χ3v) is 3.12. The number of halogens is 3. The summed E-state index contributed by atoms with van der Waals surface area (Å²) < 4.78 is 46.3. The number of carbonyl (C=O) groups excluding carboxylic acids is 1. The summed E-state index contributed by atoms with van der Waals surface area (Å²) in [5, 5.41) is 6.55. The second-order valence-corrected chi connectivity index (χ2v) is 6.50. The van der Waals surface area contributed by atoms with Gasteiger partial charge in [-0.25, -0.2) is 0 Å². The van der Waals surface area contributed by atoms with Gasteiger partial charge in [-0.15, -0.1) is 0 Å². The summed E-state index contributed by atoms with van der Waals surface area (Å²) in [5.41, 5.74) is -1.07. The number of carbonyl (C=O) groups is 1. The minimum absolute atomic E-state index is 0.0496. The lowest BCUT2D eigenvalue weighted by Gasteiger charge is -2.20. The second kappa shape index (κ2) is 5.95. The first-order valence-electron chi connectivity index (χ1n) is 7.24. The number of nitrogens with zero attached hydrogens (tertiary/aromatic N) is 3. The average molecular weight is 344 g/mol. The molecule has 0 radical (unpaired) electrons. The summed E-state index contributed by atoms with van der Waals surface area (Å²) >= 11 is 0. The predicted octanol–water partition coefficient (Wildman–Crippen LogP) is 2.59. The highest BCUT2D eigenvalue weighted by atomic mass is 19.4. The maximum absolute atomic E-state index is 13.3. The number of hydrogen-bond donors (Lipinski definition) is 1. The summed E-state index contributed by atoms with van der Waals surface area (Å²) in [4.78, 5) is 15.8. The number of aromatic nitrogens is 3. The Morgan fingerprint density at radius 3 is 2.50 bits per heavy atom. The Balaban J connectivity index is 2.35. The van der Waals surface area contributed by atoms with Gasteiger partial charge in [-0.05, 0) is 27.7 Å². The van der Waals surface area contributed by atoms with Crippen molar-refractivity contribution in [2.24, 2.45) is 7.05 Å². The van der Waals surface area contributed by atoms with Crippen LogP contribution in [0.25, 0.3) is 11.0 Å². The quantitative estimate of drug-likeness (QED) is 0.929. The minimum Gasteiger partial charge on any atom is -0.467 e. The number of nitrogens with one attached hydrogen (secondary N) is 1. The van der Waals surface area contributed by atoms with E-state index in [-0.39, 0.29) is 22.6 Å². The summed E-state index contributed by atoms with van der Waals surface area (Å²) in [6.45, 7) is 6.42. The molecule has 6 nitrogen and oxygen atoms in total. The zero-order valence-electron chi connectivity index (χ0n) is 14.1. The average Bonchev–Trinajstić information content (AvgIpc) is 2.68. The van der Waals surface area contributed by atoms with Crippen LogP contribution >= 0.6 is 0 Å². The molecule has 132 valence electrons. The molecule has 0 saturated carbocycles. The van der Waals surface area contributed by atoms with Crippen molar-refractivity contribution in [3.05, 3.63) is 17.3 Å². The fourth-order valence-electron chi connectivity index (χ4n) is 2.31. The van der Waals surface area contributed by atoms with Crippen LogP contribution < -0.4 is 10.1 Å². The molecule has 2 aromatic rings. The highest BCUT2D eigenvalue weighted by Crippen LogP contribution is 2.37. The fraction of sp³-hybridized carbons (Fsp3) is 0.533. The molecule has 1 amide bonds. The molecule has 0 aliphatic carbocycles. The van der Waals surface area contributed by atoms with E-state index in [1.165, 1.54) is 18.7 Å². The van der Waals surface area contributed by atoms with Crippen molar-refractivity contribution in [1.29, 1.82) is 0 Å². The van der Waals surface area contributed by atoms with E-state index in [9.17, 15) is 18.0 Å². The van der Waals surface area contributed by atoms with E-state index in [4.69, 9.17) is 4.74 Å². The standard InChI is InChI=1S/C15H19F3N4O2/c1-8-12-9(15(16,17)18)6-11(19-13(12)22(5)21-8)24-7-10(23)20-14(2,3)4/h6H,7H2,1-5H3,(H,20,23). The number of amides is 1. The van der Waals surface area contributed by atoms with Crippen LogP contribution in [0.2, 0.25) is 0 Å². The molecule has 0 bridgehead atoms. The molecule has 0 spiro atoms. The summed E-state index contributed by atoms with van der Waals surface area (Å²) in [6.07, 6.45) is -4.58. The highest BCUT2D eigenvalue weighted by Gasteiger charge is 2.35. The van der Waals surface area contributed by atoms with Crippen LogP contribution in [0.5, 0.6) is 5.88 Å². The van der Waals surface area contributed by atoms with E-state index < -0.39 is 29.8 Å². The molecule has 0 saturated heterocycles. The molecule has 2 aromatic heterocycles. The molecule has 2 heterocycles. The molecule has 0 aromatic carbocycles. The van der Waals surface area contributed by atoms with Crippen molar-refractivity contribution in [2.45, 2.75) is 39.4 Å². The van der Waals surface area contributed by atoms with Crippen molar-refractivity contribution < 1.29 is 22.7 Å². The number of hydrogen-bond acceptors (Lipinski definition) is 4. The first kappa shape index (κ1) is 18.0. The van der Waals surface area contributed by atoms with Gasteiger partial charge in [0.2, 0.25) is 5.88 Å². The van der Waals surface area contributed by atoms with E-state index in [1.807, 2.05) is 0 Å². The molecule has 24 heavy (non-hydrogen) atoms. The van der Waals surface area contributed by atoms with E-state index in [0.29, 0.717) is 0 Å². The molecule has 0 fully saturated rings. The number of aryl methyl sites for hydroxylation is 2. The molecule has 0 aliphatic heterocycles. The first-order valence-corrected chi connectivity index (χ1v) is 7.24. The molecule has 0 aliphatic rings. The van der Waals surface area contributed by atoms with Crippen LogP contribution in [-0.2, 0) is 18.0 Å². The van der Waals surface area contributed by atoms with Crippen LogP contribution in [-0.4, -0.2) is 32.8 Å². The lowest BCUT2D eigenvalue weighted by molar-refractivity contribution is -0.136. The van der Waals surface area contributed by atoms with Crippen molar-refractivity contribution in [3.63, 3.8) is 0 Å².